The van der Waals surface area contributed by atoms with Crippen LogP contribution in [0.2, 0.25) is 0 Å². The SMILES string of the molecule is COc1cc2c3cc1Oc1cc(ccc1O)C[C@@H]1c4c(cc(OC)c(O)c4Oc4ccc(cc4)C[C@@H]3N(C)CC2)CC[N+]1(C)C.C[N+](C)(C)CCOC(N)=O.Cl. The highest BCUT2D eigenvalue weighted by molar-refractivity contribution is 5.85. The number of likely N-dealkylation sites (N-methyl/N-ethyl adjacent to an activating group) is 3. The van der Waals surface area contributed by atoms with Gasteiger partial charge in [-0.05, 0) is 90.2 Å². The third-order valence-electron chi connectivity index (χ3n) is 11.0. The standard InChI is InChI=1S/C37H40N2O6.C6H14N2O2.ClH/c1-38-14-12-24-19-32(42-4)33-21-27(24)28(38)16-22-6-9-26(10-7-22)44-37-35-25(20-34(43-5)36(37)41)13-15-39(2,3)29(35)17-23-8-11-30(40)31(18-23)45-33;1-8(2,3)4-5-10-6(7)9;/h6-11,18-21,28-29H,12-17H2,1-5H3,(H-,40,41);4-5H2,1-3H3,(H-,7,9);1H/p+2/t28-,29+;;/m0../s1. The summed E-state index contributed by atoms with van der Waals surface area (Å²) in [5.74, 6) is 3.14. The minimum Gasteiger partial charge on any atom is -0.504 e. The maximum Gasteiger partial charge on any atom is 0.404 e. The van der Waals surface area contributed by atoms with Crippen molar-refractivity contribution < 1.29 is 47.7 Å². The fourth-order valence-electron chi connectivity index (χ4n) is 7.69. The summed E-state index contributed by atoms with van der Waals surface area (Å²) in [7, 11) is 15.9. The number of rotatable bonds is 5. The summed E-state index contributed by atoms with van der Waals surface area (Å²) in [4.78, 5) is 12.5. The summed E-state index contributed by atoms with van der Waals surface area (Å²) in [5.41, 5.74) is 11.4. The zero-order valence-electron chi connectivity index (χ0n) is 33.8. The fourth-order valence-corrected chi connectivity index (χ4v) is 7.69. The highest BCUT2D eigenvalue weighted by atomic mass is 35.5. The number of hydrogen-bond acceptors (Lipinski definition) is 9. The van der Waals surface area contributed by atoms with E-state index in [1.807, 2.05) is 51.5 Å². The molecule has 302 valence electrons. The lowest BCUT2D eigenvalue weighted by molar-refractivity contribution is -0.923. The minimum absolute atomic E-state index is 0. The van der Waals surface area contributed by atoms with Gasteiger partial charge in [0.1, 0.15) is 24.9 Å². The van der Waals surface area contributed by atoms with Crippen LogP contribution in [-0.4, -0.2) is 113 Å². The fraction of sp³-hybridized carbons (Fsp3) is 0.419. The van der Waals surface area contributed by atoms with Gasteiger partial charge >= 0.3 is 6.09 Å². The largest absolute Gasteiger partial charge is 0.504 e. The Morgan fingerprint density at radius 1 is 0.893 bits per heavy atom. The van der Waals surface area contributed by atoms with Crippen LogP contribution in [0.5, 0.6) is 46.0 Å². The van der Waals surface area contributed by atoms with Gasteiger partial charge in [-0.25, -0.2) is 4.79 Å². The Labute approximate surface area is 336 Å². The van der Waals surface area contributed by atoms with E-state index >= 15 is 0 Å². The molecule has 2 atom stereocenters. The molecule has 4 heterocycles. The molecule has 0 fully saturated rings. The van der Waals surface area contributed by atoms with Crippen molar-refractivity contribution in [3.05, 3.63) is 94.0 Å². The number of phenols is 2. The summed E-state index contributed by atoms with van der Waals surface area (Å²) in [5, 5.41) is 22.4. The van der Waals surface area contributed by atoms with E-state index in [0.717, 1.165) is 60.1 Å². The third-order valence-corrected chi connectivity index (χ3v) is 11.0. The maximum absolute atomic E-state index is 11.5. The van der Waals surface area contributed by atoms with Crippen LogP contribution < -0.4 is 24.7 Å². The van der Waals surface area contributed by atoms with E-state index in [4.69, 9.17) is 24.7 Å². The molecule has 8 rings (SSSR count). The van der Waals surface area contributed by atoms with Crippen molar-refractivity contribution >= 4 is 18.5 Å². The molecule has 4 N–H and O–H groups in total. The van der Waals surface area contributed by atoms with Crippen molar-refractivity contribution in [3.8, 4) is 46.0 Å². The molecule has 4 aromatic rings. The lowest BCUT2D eigenvalue weighted by Gasteiger charge is -2.43. The van der Waals surface area contributed by atoms with Crippen molar-refractivity contribution in [1.82, 2.24) is 4.90 Å². The monoisotopic (exact) mass is 792 g/mol. The second-order valence-corrected chi connectivity index (χ2v) is 16.3. The zero-order chi connectivity index (χ0) is 39.7. The van der Waals surface area contributed by atoms with Gasteiger partial charge in [-0.15, -0.1) is 12.4 Å². The van der Waals surface area contributed by atoms with Gasteiger partial charge in [-0.3, -0.25) is 4.90 Å². The Bertz CT molecular complexity index is 2030. The molecule has 0 aliphatic carbocycles. The summed E-state index contributed by atoms with van der Waals surface area (Å²) < 4.78 is 30.5. The van der Waals surface area contributed by atoms with Crippen molar-refractivity contribution in [2.75, 3.05) is 82.7 Å². The number of carbonyl (C=O) groups excluding carboxylic acids is 1. The summed E-state index contributed by atoms with van der Waals surface area (Å²) >= 11 is 0. The minimum atomic E-state index is -0.701. The molecule has 13 heteroatoms. The molecule has 4 aliphatic rings. The highest BCUT2D eigenvalue weighted by Gasteiger charge is 2.41. The highest BCUT2D eigenvalue weighted by Crippen LogP contribution is 2.51. The van der Waals surface area contributed by atoms with Gasteiger partial charge in [0, 0.05) is 25.4 Å². The first-order chi connectivity index (χ1) is 26.1. The normalized spacial score (nSPS) is 18.2. The predicted molar refractivity (Wildman–Crippen MR) is 218 cm³/mol. The Hall–Kier alpha value is -4.88. The van der Waals surface area contributed by atoms with Gasteiger partial charge in [0.2, 0.25) is 5.75 Å². The first-order valence-electron chi connectivity index (χ1n) is 18.7. The van der Waals surface area contributed by atoms with E-state index in [2.05, 4.69) is 55.0 Å². The number of hydrogen-bond donors (Lipinski definition) is 3. The van der Waals surface area contributed by atoms with E-state index in [0.29, 0.717) is 52.0 Å². The number of quaternary nitrogens is 2. The number of phenolic OH excluding ortho intramolecular Hbond substituents is 2. The Morgan fingerprint density at radius 3 is 2.23 bits per heavy atom. The number of halogens is 1. The molecular formula is C43H57ClN4O8+2. The average molecular weight is 793 g/mol. The molecule has 6 bridgehead atoms. The lowest BCUT2D eigenvalue weighted by Crippen LogP contribution is -2.48. The molecule has 1 amide bonds. The quantitative estimate of drug-likeness (QED) is 0.185. The van der Waals surface area contributed by atoms with Crippen molar-refractivity contribution in [3.63, 3.8) is 0 Å². The Kier molecular flexibility index (Phi) is 12.9. The van der Waals surface area contributed by atoms with E-state index in [9.17, 15) is 15.0 Å². The van der Waals surface area contributed by atoms with E-state index in [1.165, 1.54) is 16.7 Å². The molecule has 4 aliphatic heterocycles. The van der Waals surface area contributed by atoms with Gasteiger partial charge in [0.25, 0.3) is 0 Å². The van der Waals surface area contributed by atoms with Gasteiger partial charge in [0.05, 0.1) is 61.6 Å². The molecule has 4 aromatic carbocycles. The number of benzene rings is 4. The van der Waals surface area contributed by atoms with Crippen LogP contribution in [0.4, 0.5) is 4.79 Å². The summed E-state index contributed by atoms with van der Waals surface area (Å²) in [6.07, 6.45) is 2.46. The van der Waals surface area contributed by atoms with Crippen molar-refractivity contribution in [2.24, 2.45) is 5.73 Å². The number of nitrogens with two attached hydrogens (primary N) is 1. The number of ether oxygens (including phenoxy) is 5. The van der Waals surface area contributed by atoms with Crippen molar-refractivity contribution in [1.29, 1.82) is 0 Å². The van der Waals surface area contributed by atoms with Crippen molar-refractivity contribution in [2.45, 2.75) is 37.8 Å². The third kappa shape index (κ3) is 9.38. The zero-order valence-corrected chi connectivity index (χ0v) is 34.6. The van der Waals surface area contributed by atoms with Crippen LogP contribution in [0.25, 0.3) is 0 Å². The topological polar surface area (TPSA) is 133 Å². The molecule has 0 spiro atoms. The average Bonchev–Trinajstić information content (AvgIpc) is 3.12. The predicted octanol–water partition coefficient (Wildman–Crippen LogP) is 6.91. The molecule has 0 saturated heterocycles. The number of amides is 1. The Balaban J connectivity index is 0.000000483. The number of primary amides is 1. The van der Waals surface area contributed by atoms with E-state index in [-0.39, 0.29) is 36.0 Å². The van der Waals surface area contributed by atoms with Crippen LogP contribution in [0, 0.1) is 0 Å². The molecular weight excluding hydrogens is 736 g/mol. The van der Waals surface area contributed by atoms with Gasteiger partial charge in [-0.2, -0.15) is 0 Å². The van der Waals surface area contributed by atoms with Gasteiger partial charge < -0.3 is 48.6 Å². The summed E-state index contributed by atoms with van der Waals surface area (Å²) in [6, 6.07) is 19.9. The second kappa shape index (κ2) is 17.1. The van der Waals surface area contributed by atoms with E-state index < -0.39 is 6.09 Å². The molecule has 0 unspecified atom stereocenters. The number of aromatic hydroxyl groups is 2. The molecule has 0 radical (unpaired) electrons. The smallest absolute Gasteiger partial charge is 0.404 e. The number of fused-ring (bicyclic) bond motifs is 2. The molecule has 12 nitrogen and oxygen atoms in total. The first-order valence-corrected chi connectivity index (χ1v) is 18.7. The van der Waals surface area contributed by atoms with E-state index in [1.54, 1.807) is 20.3 Å². The lowest BCUT2D eigenvalue weighted by atomic mass is 9.86. The van der Waals surface area contributed by atoms with Gasteiger partial charge in [-0.1, -0.05) is 18.2 Å². The van der Waals surface area contributed by atoms with Gasteiger partial charge in [0.15, 0.2) is 34.5 Å². The first kappa shape index (κ1) is 42.3. The maximum atomic E-state index is 11.5. The molecule has 0 saturated carbocycles. The van der Waals surface area contributed by atoms with Crippen LogP contribution in [0.15, 0.2) is 60.7 Å². The van der Waals surface area contributed by atoms with Crippen LogP contribution in [-0.2, 0) is 30.4 Å². The number of carbonyl (C=O) groups is 1. The van der Waals surface area contributed by atoms with Crippen LogP contribution >= 0.6 is 12.4 Å². The molecule has 56 heavy (non-hydrogen) atoms. The second-order valence-electron chi connectivity index (χ2n) is 16.3. The van der Waals surface area contributed by atoms with Crippen LogP contribution in [0.3, 0.4) is 0 Å². The summed E-state index contributed by atoms with van der Waals surface area (Å²) in [6.45, 7) is 3.01. The Morgan fingerprint density at radius 2 is 1.57 bits per heavy atom. The molecule has 0 aromatic heterocycles. The van der Waals surface area contributed by atoms with Crippen LogP contribution in [0.1, 0.15) is 45.5 Å². The number of methoxy groups -OCH3 is 2. The number of nitrogens with zero attached hydrogens (tertiary/aromatic N) is 3.